The number of hydrogen-bond donors (Lipinski definition) is 1. The topological polar surface area (TPSA) is 46.5 Å². The van der Waals surface area contributed by atoms with Gasteiger partial charge in [-0.25, -0.2) is 4.79 Å². The fourth-order valence-electron chi connectivity index (χ4n) is 0.324. The van der Waals surface area contributed by atoms with Gasteiger partial charge in [0.25, 0.3) is 5.60 Å². The van der Waals surface area contributed by atoms with Crippen molar-refractivity contribution in [2.24, 2.45) is 0 Å². The predicted octanol–water partition coefficient (Wildman–Crippen LogP) is 1.04. The van der Waals surface area contributed by atoms with Crippen molar-refractivity contribution < 1.29 is 27.8 Å². The van der Waals surface area contributed by atoms with Crippen molar-refractivity contribution >= 4 is 5.97 Å². The van der Waals surface area contributed by atoms with Crippen LogP contribution in [0.25, 0.3) is 0 Å². The second-order valence-electron chi connectivity index (χ2n) is 2.04. The lowest BCUT2D eigenvalue weighted by Crippen LogP contribution is -2.50. The van der Waals surface area contributed by atoms with E-state index in [2.05, 4.69) is 4.74 Å². The molecule has 0 aliphatic carbocycles. The Labute approximate surface area is 60.8 Å². The molecule has 0 amide bonds. The van der Waals surface area contributed by atoms with Crippen LogP contribution in [-0.2, 0) is 9.53 Å². The number of carbonyl (C=O) groups is 1. The molecule has 0 heterocycles. The zero-order chi connectivity index (χ0) is 9.28. The number of rotatable bonds is 2. The number of methoxy groups -OCH3 is 1. The average Bonchev–Trinajstić information content (AvgIpc) is 1.83. The van der Waals surface area contributed by atoms with Crippen molar-refractivity contribution in [2.45, 2.75) is 18.7 Å². The lowest BCUT2D eigenvalue weighted by atomic mass is 10.1. The molecule has 0 radical (unpaired) electrons. The molecular formula is C5H7F3O3. The van der Waals surface area contributed by atoms with E-state index in [9.17, 15) is 18.0 Å². The van der Waals surface area contributed by atoms with Gasteiger partial charge in [-0.1, -0.05) is 0 Å². The molecule has 6 heteroatoms. The highest BCUT2D eigenvalue weighted by Gasteiger charge is 2.58. The van der Waals surface area contributed by atoms with Gasteiger partial charge in [0, 0.05) is 7.11 Å². The van der Waals surface area contributed by atoms with Crippen molar-refractivity contribution in [3.8, 4) is 0 Å². The van der Waals surface area contributed by atoms with E-state index in [0.29, 0.717) is 14.0 Å². The highest BCUT2D eigenvalue weighted by atomic mass is 19.4. The monoisotopic (exact) mass is 172 g/mol. The molecule has 0 unspecified atom stereocenters. The molecule has 0 aromatic carbocycles. The molecular weight excluding hydrogens is 165 g/mol. The Morgan fingerprint density at radius 2 is 1.82 bits per heavy atom. The number of alkyl halides is 3. The Balaban J connectivity index is 4.75. The third-order valence-electron chi connectivity index (χ3n) is 1.36. The summed E-state index contributed by atoms with van der Waals surface area (Å²) in [7, 11) is 0.696. The van der Waals surface area contributed by atoms with Crippen LogP contribution in [0.4, 0.5) is 13.2 Å². The second-order valence-corrected chi connectivity index (χ2v) is 2.04. The lowest BCUT2D eigenvalue weighted by molar-refractivity contribution is -0.261. The highest BCUT2D eigenvalue weighted by molar-refractivity contribution is 5.78. The van der Waals surface area contributed by atoms with E-state index in [1.165, 1.54) is 0 Å². The van der Waals surface area contributed by atoms with Gasteiger partial charge in [0.15, 0.2) is 0 Å². The molecule has 0 rings (SSSR count). The maximum absolute atomic E-state index is 11.8. The molecule has 1 N–H and O–H groups in total. The summed E-state index contributed by atoms with van der Waals surface area (Å²) in [6.07, 6.45) is -4.90. The first-order chi connectivity index (χ1) is 4.75. The van der Waals surface area contributed by atoms with Crippen LogP contribution < -0.4 is 0 Å². The van der Waals surface area contributed by atoms with Crippen LogP contribution in [0, 0.1) is 0 Å². The van der Waals surface area contributed by atoms with Crippen molar-refractivity contribution in [3.05, 3.63) is 0 Å². The number of hydrogen-bond acceptors (Lipinski definition) is 2. The molecule has 0 aromatic rings. The second kappa shape index (κ2) is 2.69. The number of ether oxygens (including phenoxy) is 1. The van der Waals surface area contributed by atoms with Crippen molar-refractivity contribution in [1.29, 1.82) is 0 Å². The molecule has 0 saturated carbocycles. The molecule has 0 spiro atoms. The maximum Gasteiger partial charge on any atom is 0.428 e. The Morgan fingerprint density at radius 3 is 1.82 bits per heavy atom. The molecule has 3 nitrogen and oxygen atoms in total. The van der Waals surface area contributed by atoms with E-state index in [1.54, 1.807) is 0 Å². The van der Waals surface area contributed by atoms with Crippen molar-refractivity contribution in [2.75, 3.05) is 7.11 Å². The summed E-state index contributed by atoms with van der Waals surface area (Å²) in [5, 5.41) is 8.12. The van der Waals surface area contributed by atoms with Gasteiger partial charge in [-0.2, -0.15) is 13.2 Å². The van der Waals surface area contributed by atoms with E-state index in [0.717, 1.165) is 0 Å². The van der Waals surface area contributed by atoms with E-state index < -0.39 is 17.7 Å². The van der Waals surface area contributed by atoms with Gasteiger partial charge in [-0.15, -0.1) is 0 Å². The Morgan fingerprint density at radius 1 is 1.45 bits per heavy atom. The summed E-state index contributed by atoms with van der Waals surface area (Å²) >= 11 is 0. The first-order valence-corrected chi connectivity index (χ1v) is 2.61. The summed E-state index contributed by atoms with van der Waals surface area (Å²) in [6.45, 7) is 0.454. The third-order valence-corrected chi connectivity index (χ3v) is 1.36. The Kier molecular flexibility index (Phi) is 2.50. The van der Waals surface area contributed by atoms with Crippen molar-refractivity contribution in [1.82, 2.24) is 0 Å². The van der Waals surface area contributed by atoms with Crippen LogP contribution in [-0.4, -0.2) is 30.0 Å². The molecule has 0 fully saturated rings. The quantitative estimate of drug-likeness (QED) is 0.676. The number of carboxylic acid groups (broad SMARTS) is 1. The Hall–Kier alpha value is -0.780. The van der Waals surface area contributed by atoms with Crippen LogP contribution in [0.1, 0.15) is 6.92 Å². The molecule has 0 bridgehead atoms. The Bertz CT molecular complexity index is 165. The molecule has 0 aliphatic heterocycles. The SMILES string of the molecule is CO[C@](C)(C(=O)O)C(F)(F)F. The summed E-state index contributed by atoms with van der Waals surface area (Å²) in [5.41, 5.74) is -3.10. The normalized spacial score (nSPS) is 17.5. The first-order valence-electron chi connectivity index (χ1n) is 2.61. The summed E-state index contributed by atoms with van der Waals surface area (Å²) in [4.78, 5) is 10.1. The number of aliphatic carboxylic acids is 1. The molecule has 11 heavy (non-hydrogen) atoms. The lowest BCUT2D eigenvalue weighted by Gasteiger charge is -2.25. The first kappa shape index (κ1) is 10.2. The van der Waals surface area contributed by atoms with Crippen molar-refractivity contribution in [3.63, 3.8) is 0 Å². The highest BCUT2D eigenvalue weighted by Crippen LogP contribution is 2.32. The smallest absolute Gasteiger partial charge is 0.428 e. The van der Waals surface area contributed by atoms with Gasteiger partial charge in [0.05, 0.1) is 0 Å². The minimum absolute atomic E-state index is 0.454. The fourth-order valence-corrected chi connectivity index (χ4v) is 0.324. The maximum atomic E-state index is 11.8. The van der Waals surface area contributed by atoms with E-state index in [4.69, 9.17) is 5.11 Å². The largest absolute Gasteiger partial charge is 0.479 e. The van der Waals surface area contributed by atoms with Gasteiger partial charge >= 0.3 is 12.1 Å². The van der Waals surface area contributed by atoms with E-state index in [-0.39, 0.29) is 0 Å². The summed E-state index contributed by atoms with van der Waals surface area (Å²) in [6, 6.07) is 0. The molecule has 66 valence electrons. The average molecular weight is 172 g/mol. The zero-order valence-corrected chi connectivity index (χ0v) is 5.90. The van der Waals surface area contributed by atoms with E-state index >= 15 is 0 Å². The molecule has 0 aliphatic rings. The number of halogens is 3. The van der Waals surface area contributed by atoms with Gasteiger partial charge in [0.2, 0.25) is 0 Å². The summed E-state index contributed by atoms with van der Waals surface area (Å²) in [5.74, 6) is -2.05. The minimum Gasteiger partial charge on any atom is -0.479 e. The molecule has 1 atom stereocenters. The standard InChI is InChI=1S/C5H7F3O3/c1-4(11-2,3(9)10)5(6,7)8/h1-2H3,(H,9,10)/t4-/m1/s1. The predicted molar refractivity (Wildman–Crippen MR) is 29.1 cm³/mol. The summed E-state index contributed by atoms with van der Waals surface area (Å²) < 4.78 is 39.4. The minimum atomic E-state index is -4.90. The van der Waals surface area contributed by atoms with Gasteiger partial charge in [-0.3, -0.25) is 0 Å². The van der Waals surface area contributed by atoms with Gasteiger partial charge in [0.1, 0.15) is 0 Å². The molecule has 0 aromatic heterocycles. The van der Waals surface area contributed by atoms with Crippen LogP contribution in [0.5, 0.6) is 0 Å². The van der Waals surface area contributed by atoms with Crippen LogP contribution in [0.15, 0.2) is 0 Å². The van der Waals surface area contributed by atoms with Crippen LogP contribution >= 0.6 is 0 Å². The fraction of sp³-hybridized carbons (Fsp3) is 0.800. The van der Waals surface area contributed by atoms with E-state index in [1.807, 2.05) is 0 Å². The van der Waals surface area contributed by atoms with Gasteiger partial charge < -0.3 is 9.84 Å². The van der Waals surface area contributed by atoms with Crippen LogP contribution in [0.2, 0.25) is 0 Å². The van der Waals surface area contributed by atoms with Crippen LogP contribution in [0.3, 0.4) is 0 Å². The molecule has 0 saturated heterocycles. The van der Waals surface area contributed by atoms with Gasteiger partial charge in [-0.05, 0) is 6.92 Å². The number of carboxylic acids is 1. The zero-order valence-electron chi connectivity index (χ0n) is 5.90. The third kappa shape index (κ3) is 1.62.